The standard InChI is InChI=1S/C23H24N2O5/c1-4-29-23(28)16(3)30-20-11-7-9-18-17(20)12-13-25(22(18)27)14-21(26)24-19-10-6-5-8-15(19)2/h5-13,16H,4,14H2,1-3H3,(H,24,26). The first-order valence-electron chi connectivity index (χ1n) is 9.71. The fourth-order valence-electron chi connectivity index (χ4n) is 3.07. The molecule has 0 fully saturated rings. The predicted octanol–water partition coefficient (Wildman–Crippen LogP) is 3.28. The Balaban J connectivity index is 1.82. The molecule has 0 aliphatic rings. The van der Waals surface area contributed by atoms with Gasteiger partial charge in [0.25, 0.3) is 5.56 Å². The summed E-state index contributed by atoms with van der Waals surface area (Å²) in [6.45, 7) is 5.36. The molecular weight excluding hydrogens is 384 g/mol. The Morgan fingerprint density at radius 3 is 2.57 bits per heavy atom. The third-order valence-electron chi connectivity index (χ3n) is 4.63. The average molecular weight is 408 g/mol. The van der Waals surface area contributed by atoms with Gasteiger partial charge in [0.05, 0.1) is 12.0 Å². The third-order valence-corrected chi connectivity index (χ3v) is 4.63. The number of hydrogen-bond acceptors (Lipinski definition) is 5. The monoisotopic (exact) mass is 408 g/mol. The zero-order valence-electron chi connectivity index (χ0n) is 17.2. The Bertz CT molecular complexity index is 1140. The number of pyridine rings is 1. The van der Waals surface area contributed by atoms with Gasteiger partial charge in [-0.15, -0.1) is 0 Å². The molecule has 3 rings (SSSR count). The first kappa shape index (κ1) is 21.1. The highest BCUT2D eigenvalue weighted by Crippen LogP contribution is 2.24. The van der Waals surface area contributed by atoms with Crippen LogP contribution in [0, 0.1) is 6.92 Å². The van der Waals surface area contributed by atoms with E-state index < -0.39 is 12.1 Å². The van der Waals surface area contributed by atoms with E-state index in [0.717, 1.165) is 5.56 Å². The predicted molar refractivity (Wildman–Crippen MR) is 115 cm³/mol. The summed E-state index contributed by atoms with van der Waals surface area (Å²) >= 11 is 0. The summed E-state index contributed by atoms with van der Waals surface area (Å²) in [6, 6.07) is 14.2. The number of carbonyl (C=O) groups excluding carboxylic acids is 2. The molecule has 0 aliphatic carbocycles. The van der Waals surface area contributed by atoms with Crippen LogP contribution >= 0.6 is 0 Å². The summed E-state index contributed by atoms with van der Waals surface area (Å²) in [5, 5.41) is 3.78. The van der Waals surface area contributed by atoms with Crippen LogP contribution in [0.3, 0.4) is 0 Å². The van der Waals surface area contributed by atoms with E-state index in [2.05, 4.69) is 5.32 Å². The quantitative estimate of drug-likeness (QED) is 0.607. The van der Waals surface area contributed by atoms with Crippen molar-refractivity contribution in [3.8, 4) is 5.75 Å². The largest absolute Gasteiger partial charge is 0.478 e. The molecule has 0 saturated carbocycles. The second kappa shape index (κ2) is 9.26. The van der Waals surface area contributed by atoms with Gasteiger partial charge in [-0.1, -0.05) is 24.3 Å². The maximum Gasteiger partial charge on any atom is 0.347 e. The van der Waals surface area contributed by atoms with E-state index in [1.807, 2.05) is 31.2 Å². The Morgan fingerprint density at radius 1 is 1.07 bits per heavy atom. The fraction of sp³-hybridized carbons (Fsp3) is 0.261. The zero-order chi connectivity index (χ0) is 21.7. The molecule has 30 heavy (non-hydrogen) atoms. The lowest BCUT2D eigenvalue weighted by Crippen LogP contribution is -2.28. The van der Waals surface area contributed by atoms with Gasteiger partial charge in [0.15, 0.2) is 6.10 Å². The van der Waals surface area contributed by atoms with Gasteiger partial charge in [-0.2, -0.15) is 0 Å². The number of rotatable bonds is 7. The normalized spacial score (nSPS) is 11.7. The molecule has 1 amide bonds. The van der Waals surface area contributed by atoms with Crippen LogP contribution in [0.15, 0.2) is 59.5 Å². The molecule has 2 aromatic carbocycles. The number of carbonyl (C=O) groups is 2. The molecule has 1 unspecified atom stereocenters. The molecule has 156 valence electrons. The van der Waals surface area contributed by atoms with E-state index in [0.29, 0.717) is 22.2 Å². The number of benzene rings is 2. The Kier molecular flexibility index (Phi) is 6.51. The number of aromatic nitrogens is 1. The number of para-hydroxylation sites is 1. The molecule has 0 spiro atoms. The van der Waals surface area contributed by atoms with Crippen LogP contribution in [0.4, 0.5) is 5.69 Å². The van der Waals surface area contributed by atoms with Crippen molar-refractivity contribution >= 4 is 28.3 Å². The van der Waals surface area contributed by atoms with Crippen LogP contribution in [0.2, 0.25) is 0 Å². The number of esters is 1. The third kappa shape index (κ3) is 4.68. The minimum atomic E-state index is -0.808. The lowest BCUT2D eigenvalue weighted by Gasteiger charge is -2.15. The SMILES string of the molecule is CCOC(=O)C(C)Oc1cccc2c(=O)n(CC(=O)Nc3ccccc3C)ccc12. The smallest absolute Gasteiger partial charge is 0.347 e. The number of ether oxygens (including phenoxy) is 2. The van der Waals surface area contributed by atoms with E-state index >= 15 is 0 Å². The molecule has 0 aliphatic heterocycles. The van der Waals surface area contributed by atoms with Gasteiger partial charge in [0.1, 0.15) is 12.3 Å². The second-order valence-electron chi connectivity index (χ2n) is 6.84. The maximum atomic E-state index is 12.9. The zero-order valence-corrected chi connectivity index (χ0v) is 17.2. The number of nitrogens with zero attached hydrogens (tertiary/aromatic N) is 1. The highest BCUT2D eigenvalue weighted by atomic mass is 16.6. The van der Waals surface area contributed by atoms with Crippen LogP contribution < -0.4 is 15.6 Å². The van der Waals surface area contributed by atoms with Gasteiger partial charge in [0, 0.05) is 17.3 Å². The topological polar surface area (TPSA) is 86.6 Å². The second-order valence-corrected chi connectivity index (χ2v) is 6.84. The van der Waals surface area contributed by atoms with E-state index in [4.69, 9.17) is 9.47 Å². The number of amides is 1. The van der Waals surface area contributed by atoms with Gasteiger partial charge in [-0.25, -0.2) is 4.79 Å². The minimum Gasteiger partial charge on any atom is -0.478 e. The van der Waals surface area contributed by atoms with Gasteiger partial charge >= 0.3 is 5.97 Å². The van der Waals surface area contributed by atoms with Crippen molar-refractivity contribution in [2.24, 2.45) is 0 Å². The molecule has 1 heterocycles. The van der Waals surface area contributed by atoms with E-state index in [1.54, 1.807) is 44.3 Å². The van der Waals surface area contributed by atoms with Crippen molar-refractivity contribution in [1.82, 2.24) is 4.57 Å². The molecule has 0 radical (unpaired) electrons. The molecule has 1 atom stereocenters. The first-order valence-corrected chi connectivity index (χ1v) is 9.71. The number of hydrogen-bond donors (Lipinski definition) is 1. The first-order chi connectivity index (χ1) is 14.4. The molecular formula is C23H24N2O5. The molecule has 0 bridgehead atoms. The highest BCUT2D eigenvalue weighted by Gasteiger charge is 2.18. The van der Waals surface area contributed by atoms with Crippen molar-refractivity contribution in [2.45, 2.75) is 33.4 Å². The van der Waals surface area contributed by atoms with E-state index in [9.17, 15) is 14.4 Å². The number of aryl methyl sites for hydroxylation is 1. The summed E-state index contributed by atoms with van der Waals surface area (Å²) in [5.41, 5.74) is 1.33. The fourth-order valence-corrected chi connectivity index (χ4v) is 3.07. The Hall–Kier alpha value is -3.61. The van der Waals surface area contributed by atoms with Gasteiger partial charge in [-0.05, 0) is 50.6 Å². The van der Waals surface area contributed by atoms with Crippen molar-refractivity contribution in [1.29, 1.82) is 0 Å². The van der Waals surface area contributed by atoms with Gasteiger partial charge in [0.2, 0.25) is 5.91 Å². The van der Waals surface area contributed by atoms with E-state index in [-0.39, 0.29) is 24.6 Å². The van der Waals surface area contributed by atoms with E-state index in [1.165, 1.54) is 4.57 Å². The maximum absolute atomic E-state index is 12.9. The van der Waals surface area contributed by atoms with Crippen LogP contribution in [-0.2, 0) is 20.9 Å². The summed E-state index contributed by atoms with van der Waals surface area (Å²) in [7, 11) is 0. The molecule has 7 heteroatoms. The summed E-state index contributed by atoms with van der Waals surface area (Å²) in [6.07, 6.45) is 0.738. The minimum absolute atomic E-state index is 0.118. The van der Waals surface area contributed by atoms with Crippen molar-refractivity contribution in [3.63, 3.8) is 0 Å². The van der Waals surface area contributed by atoms with Gasteiger partial charge < -0.3 is 19.4 Å². The number of fused-ring (bicyclic) bond motifs is 1. The molecule has 1 aromatic heterocycles. The Labute approximate surface area is 174 Å². The number of nitrogens with one attached hydrogen (secondary N) is 1. The molecule has 1 N–H and O–H groups in total. The lowest BCUT2D eigenvalue weighted by atomic mass is 10.1. The van der Waals surface area contributed by atoms with Crippen molar-refractivity contribution in [2.75, 3.05) is 11.9 Å². The van der Waals surface area contributed by atoms with Crippen LogP contribution in [0.1, 0.15) is 19.4 Å². The summed E-state index contributed by atoms with van der Waals surface area (Å²) < 4.78 is 12.0. The Morgan fingerprint density at radius 2 is 1.83 bits per heavy atom. The summed E-state index contributed by atoms with van der Waals surface area (Å²) in [5.74, 6) is -0.369. The number of anilines is 1. The van der Waals surface area contributed by atoms with Crippen molar-refractivity contribution in [3.05, 3.63) is 70.6 Å². The molecule has 7 nitrogen and oxygen atoms in total. The highest BCUT2D eigenvalue weighted by molar-refractivity contribution is 5.92. The molecule has 0 saturated heterocycles. The summed E-state index contributed by atoms with van der Waals surface area (Å²) in [4.78, 5) is 37.2. The average Bonchev–Trinajstić information content (AvgIpc) is 2.72. The van der Waals surface area contributed by atoms with Crippen LogP contribution in [0.5, 0.6) is 5.75 Å². The lowest BCUT2D eigenvalue weighted by molar-refractivity contribution is -0.150. The van der Waals surface area contributed by atoms with Crippen LogP contribution in [0.25, 0.3) is 10.8 Å². The molecule has 3 aromatic rings. The van der Waals surface area contributed by atoms with Crippen LogP contribution in [-0.4, -0.2) is 29.2 Å². The van der Waals surface area contributed by atoms with Crippen molar-refractivity contribution < 1.29 is 19.1 Å². The van der Waals surface area contributed by atoms with Gasteiger partial charge in [-0.3, -0.25) is 9.59 Å².